The maximum Gasteiger partial charge on any atom is 0.276 e. The Morgan fingerprint density at radius 2 is 1.88 bits per heavy atom. The van der Waals surface area contributed by atoms with Crippen molar-refractivity contribution in [2.75, 3.05) is 11.7 Å². The van der Waals surface area contributed by atoms with Gasteiger partial charge in [0, 0.05) is 6.72 Å². The summed E-state index contributed by atoms with van der Waals surface area (Å²) in [5, 5.41) is 29.8. The van der Waals surface area contributed by atoms with Gasteiger partial charge in [0.25, 0.3) is 5.56 Å². The van der Waals surface area contributed by atoms with E-state index in [4.69, 9.17) is 0 Å². The van der Waals surface area contributed by atoms with E-state index in [0.717, 1.165) is 15.8 Å². The molecule has 10 heteroatoms. The Labute approximate surface area is 191 Å². The normalized spacial score (nSPS) is 10.6. The van der Waals surface area contributed by atoms with Crippen molar-refractivity contribution in [1.29, 1.82) is 5.26 Å². The Morgan fingerprint density at radius 3 is 2.52 bits per heavy atom. The number of aromatic hydroxyl groups is 1. The van der Waals surface area contributed by atoms with E-state index in [0.29, 0.717) is 11.3 Å². The molecule has 0 bridgehead atoms. The predicted octanol–water partition coefficient (Wildman–Crippen LogP) is 2.04. The lowest BCUT2D eigenvalue weighted by atomic mass is 10.1. The molecule has 0 saturated carbocycles. The fourth-order valence-corrected chi connectivity index (χ4v) is 3.13. The average Bonchev–Trinajstić information content (AvgIpc) is 2.82. The zero-order valence-electron chi connectivity index (χ0n) is 18.3. The molecule has 3 rings (SSSR count). The number of hydrazine groups is 2. The highest BCUT2D eigenvalue weighted by Gasteiger charge is 2.19. The lowest BCUT2D eigenvalue weighted by molar-refractivity contribution is 0.433. The highest BCUT2D eigenvalue weighted by Crippen LogP contribution is 2.23. The van der Waals surface area contributed by atoms with E-state index in [2.05, 4.69) is 33.4 Å². The van der Waals surface area contributed by atoms with E-state index in [9.17, 15) is 15.2 Å². The number of anilines is 1. The fourth-order valence-electron chi connectivity index (χ4n) is 3.13. The number of nitrogens with zero attached hydrogens (tertiary/aromatic N) is 5. The highest BCUT2D eigenvalue weighted by molar-refractivity contribution is 5.85. The molecular formula is C23H24N8O2. The summed E-state index contributed by atoms with van der Waals surface area (Å²) in [7, 11) is 0. The van der Waals surface area contributed by atoms with Gasteiger partial charge in [-0.25, -0.2) is 10.1 Å². The van der Waals surface area contributed by atoms with Gasteiger partial charge in [0.2, 0.25) is 5.88 Å². The van der Waals surface area contributed by atoms with Crippen LogP contribution in [-0.4, -0.2) is 29.3 Å². The Bertz CT molecular complexity index is 1240. The number of rotatable bonds is 9. The molecule has 0 aliphatic heterocycles. The highest BCUT2D eigenvalue weighted by atomic mass is 16.3. The summed E-state index contributed by atoms with van der Waals surface area (Å²) in [6, 6.07) is 18.4. The molecule has 4 N–H and O–H groups in total. The summed E-state index contributed by atoms with van der Waals surface area (Å²) in [6.45, 7) is 7.09. The lowest BCUT2D eigenvalue weighted by Gasteiger charge is -2.24. The first-order chi connectivity index (χ1) is 16.0. The molecular weight excluding hydrogens is 420 g/mol. The number of nitrogens with one attached hydrogen (secondary N) is 3. The first-order valence-corrected chi connectivity index (χ1v) is 9.98. The minimum Gasteiger partial charge on any atom is -0.494 e. The van der Waals surface area contributed by atoms with Gasteiger partial charge < -0.3 is 5.11 Å². The van der Waals surface area contributed by atoms with Crippen LogP contribution in [0.15, 0.2) is 69.6 Å². The molecule has 1 heterocycles. The van der Waals surface area contributed by atoms with E-state index >= 15 is 0 Å². The molecule has 0 atom stereocenters. The predicted molar refractivity (Wildman–Crippen MR) is 128 cm³/mol. The van der Waals surface area contributed by atoms with Crippen LogP contribution < -0.4 is 27.1 Å². The molecule has 3 aromatic rings. The number of aryl methyl sites for hydroxylation is 1. The molecule has 1 aromatic heterocycles. The zero-order valence-corrected chi connectivity index (χ0v) is 18.3. The molecule has 0 fully saturated rings. The van der Waals surface area contributed by atoms with Gasteiger partial charge in [-0.05, 0) is 43.7 Å². The zero-order chi connectivity index (χ0) is 23.8. The summed E-state index contributed by atoms with van der Waals surface area (Å²) < 4.78 is 1.10. The summed E-state index contributed by atoms with van der Waals surface area (Å²) in [4.78, 5) is 12.8. The second-order valence-electron chi connectivity index (χ2n) is 7.04. The van der Waals surface area contributed by atoms with Crippen LogP contribution in [0.3, 0.4) is 0 Å². The number of aromatic nitrogens is 1. The van der Waals surface area contributed by atoms with Gasteiger partial charge in [0.15, 0.2) is 0 Å². The third-order valence-corrected chi connectivity index (χ3v) is 4.90. The van der Waals surface area contributed by atoms with Crippen molar-refractivity contribution in [3.8, 4) is 17.6 Å². The summed E-state index contributed by atoms with van der Waals surface area (Å²) in [5.74, 6) is -0.304. The van der Waals surface area contributed by atoms with Crippen LogP contribution in [0.4, 0.5) is 5.69 Å². The van der Waals surface area contributed by atoms with Gasteiger partial charge in [-0.3, -0.25) is 15.2 Å². The lowest BCUT2D eigenvalue weighted by Crippen LogP contribution is -2.48. The smallest absolute Gasteiger partial charge is 0.276 e. The standard InChI is InChI=1S/C23H24N8O2/c1-16-9-11-19(12-10-16)31-22(32)20(13-24)17(2)21(23(31)33)14-26-27-15-30(29-28-25-3)18-7-5-4-6-8-18/h4-12,14,27-29,33H,3,15H2,1-2H3/b26-14+. The molecule has 0 unspecified atom stereocenters. The number of hydrazone groups is 2. The van der Waals surface area contributed by atoms with Crippen molar-refractivity contribution in [2.45, 2.75) is 13.8 Å². The molecule has 168 valence electrons. The number of benzene rings is 2. The SMILES string of the molecule is C=NNNN(CN/N=C/c1c(C)c(C#N)c(=O)n(-c2ccc(C)cc2)c1O)c1ccccc1. The number of nitriles is 1. The van der Waals surface area contributed by atoms with Crippen molar-refractivity contribution < 1.29 is 5.11 Å². The third kappa shape index (κ3) is 5.17. The summed E-state index contributed by atoms with van der Waals surface area (Å²) in [5.41, 5.74) is 10.5. The van der Waals surface area contributed by atoms with Crippen LogP contribution >= 0.6 is 0 Å². The van der Waals surface area contributed by atoms with E-state index in [1.807, 2.05) is 55.5 Å². The van der Waals surface area contributed by atoms with Crippen molar-refractivity contribution in [3.05, 3.63) is 87.2 Å². The topological polar surface area (TPSA) is 130 Å². The van der Waals surface area contributed by atoms with E-state index in [1.165, 1.54) is 6.21 Å². The van der Waals surface area contributed by atoms with Crippen molar-refractivity contribution >= 4 is 18.6 Å². The van der Waals surface area contributed by atoms with Crippen LogP contribution in [0.5, 0.6) is 5.88 Å². The monoisotopic (exact) mass is 444 g/mol. The van der Waals surface area contributed by atoms with Crippen LogP contribution in [0.1, 0.15) is 22.3 Å². The molecule has 2 aromatic carbocycles. The quantitative estimate of drug-likeness (QED) is 0.226. The van der Waals surface area contributed by atoms with E-state index in [-0.39, 0.29) is 23.7 Å². The Kier molecular flexibility index (Phi) is 7.41. The molecule has 0 radical (unpaired) electrons. The number of hydrogen-bond donors (Lipinski definition) is 4. The number of hydrogen-bond acceptors (Lipinski definition) is 9. The molecule has 10 nitrogen and oxygen atoms in total. The van der Waals surface area contributed by atoms with Gasteiger partial charge in [0.1, 0.15) is 18.3 Å². The second-order valence-corrected chi connectivity index (χ2v) is 7.04. The van der Waals surface area contributed by atoms with Gasteiger partial charge in [0.05, 0.1) is 23.2 Å². The minimum atomic E-state index is -0.594. The van der Waals surface area contributed by atoms with Crippen LogP contribution in [0.2, 0.25) is 0 Å². The maximum atomic E-state index is 12.8. The second kappa shape index (κ2) is 10.6. The average molecular weight is 444 g/mol. The van der Waals surface area contributed by atoms with Gasteiger partial charge in [-0.1, -0.05) is 35.9 Å². The van der Waals surface area contributed by atoms with Crippen molar-refractivity contribution in [1.82, 2.24) is 21.1 Å². The maximum absolute atomic E-state index is 12.8. The molecule has 33 heavy (non-hydrogen) atoms. The molecule has 0 saturated heterocycles. The van der Waals surface area contributed by atoms with Gasteiger partial charge in [-0.15, -0.1) is 5.53 Å². The molecule has 0 aliphatic rings. The molecule has 0 aliphatic carbocycles. The largest absolute Gasteiger partial charge is 0.494 e. The Morgan fingerprint density at radius 1 is 1.18 bits per heavy atom. The Hall–Kier alpha value is -4.62. The number of pyridine rings is 1. The van der Waals surface area contributed by atoms with Crippen LogP contribution in [0.25, 0.3) is 5.69 Å². The van der Waals surface area contributed by atoms with E-state index in [1.54, 1.807) is 24.1 Å². The van der Waals surface area contributed by atoms with Crippen LogP contribution in [-0.2, 0) is 0 Å². The van der Waals surface area contributed by atoms with E-state index < -0.39 is 5.56 Å². The van der Waals surface area contributed by atoms with Crippen LogP contribution in [0, 0.1) is 25.2 Å². The first-order valence-electron chi connectivity index (χ1n) is 9.98. The Balaban J connectivity index is 1.90. The number of para-hydroxylation sites is 1. The van der Waals surface area contributed by atoms with Crippen molar-refractivity contribution in [3.63, 3.8) is 0 Å². The summed E-state index contributed by atoms with van der Waals surface area (Å²) in [6.07, 6.45) is 1.37. The van der Waals surface area contributed by atoms with Gasteiger partial charge in [-0.2, -0.15) is 15.5 Å². The summed E-state index contributed by atoms with van der Waals surface area (Å²) >= 11 is 0. The van der Waals surface area contributed by atoms with Crippen molar-refractivity contribution in [2.24, 2.45) is 10.2 Å². The third-order valence-electron chi connectivity index (χ3n) is 4.90. The molecule has 0 amide bonds. The first kappa shape index (κ1) is 23.1. The molecule has 0 spiro atoms. The fraction of sp³-hybridized carbons (Fsp3) is 0.130. The van der Waals surface area contributed by atoms with Gasteiger partial charge >= 0.3 is 0 Å². The minimum absolute atomic E-state index is 0.0661.